The van der Waals surface area contributed by atoms with Gasteiger partial charge in [-0.15, -0.1) is 0 Å². The highest BCUT2D eigenvalue weighted by molar-refractivity contribution is 5.93. The van der Waals surface area contributed by atoms with E-state index in [2.05, 4.69) is 43.7 Å². The van der Waals surface area contributed by atoms with Crippen LogP contribution in [0.1, 0.15) is 124 Å². The number of nitrogens with zero attached hydrogens (tertiary/aromatic N) is 1. The van der Waals surface area contributed by atoms with Crippen molar-refractivity contribution in [1.82, 2.24) is 0 Å². The highest BCUT2D eigenvalue weighted by atomic mass is 16.5. The Morgan fingerprint density at radius 1 is 0.540 bits per heavy atom. The van der Waals surface area contributed by atoms with Gasteiger partial charge in [0.15, 0.2) is 29.0 Å². The Labute approximate surface area is 305 Å². The molecule has 1 aromatic rings. The maximum atomic E-state index is 5.75. The first kappa shape index (κ1) is 46.0. The zero-order chi connectivity index (χ0) is 38.1. The lowest BCUT2D eigenvalue weighted by Gasteiger charge is -2.05. The van der Waals surface area contributed by atoms with Crippen LogP contribution in [-0.2, 0) is 20.8 Å². The van der Waals surface area contributed by atoms with Gasteiger partial charge in [-0.25, -0.2) is 4.57 Å². The van der Waals surface area contributed by atoms with E-state index in [9.17, 15) is 0 Å². The minimum atomic E-state index is 0.744. The fourth-order valence-electron chi connectivity index (χ4n) is 4.69. The molecule has 1 heterocycles. The van der Waals surface area contributed by atoms with Gasteiger partial charge in [0.25, 0.3) is 0 Å². The van der Waals surface area contributed by atoms with Crippen LogP contribution in [0.2, 0.25) is 0 Å². The topological polar surface area (TPSA) is 108 Å². The molecule has 0 radical (unpaired) electrons. The number of rotatable bonds is 22. The van der Waals surface area contributed by atoms with Crippen molar-refractivity contribution in [2.75, 3.05) is 19.8 Å². The Morgan fingerprint density at radius 3 is 1.22 bits per heavy atom. The number of hydrogen-bond donors (Lipinski definition) is 3. The molecule has 0 atom stereocenters. The molecule has 278 valence electrons. The second-order valence-corrected chi connectivity index (χ2v) is 13.7. The third-order valence-electron chi connectivity index (χ3n) is 8.25. The molecule has 6 N–H and O–H groups in total. The van der Waals surface area contributed by atoms with Gasteiger partial charge in [-0.05, 0) is 135 Å². The van der Waals surface area contributed by atoms with E-state index in [4.69, 9.17) is 30.4 Å². The maximum absolute atomic E-state index is 5.75. The first-order valence-corrected chi connectivity index (χ1v) is 18.2. The molecule has 0 spiro atoms. The summed E-state index contributed by atoms with van der Waals surface area (Å²) in [7, 11) is 0. The zero-order valence-corrected chi connectivity index (χ0v) is 33.8. The number of hydrogen-bond acceptors (Lipinski definition) is 3. The Morgan fingerprint density at radius 2 is 0.880 bits per heavy atom. The molecule has 7 heteroatoms. The monoisotopic (exact) mass is 693 g/mol. The fourth-order valence-corrected chi connectivity index (χ4v) is 4.69. The van der Waals surface area contributed by atoms with Gasteiger partial charge in [-0.1, -0.05) is 0 Å². The number of nitrogens with two attached hydrogens (primary N) is 3. The predicted octanol–water partition coefficient (Wildman–Crippen LogP) is 5.88. The van der Waals surface area contributed by atoms with Gasteiger partial charge < -0.3 is 14.2 Å². The highest BCUT2D eigenvalue weighted by Crippen LogP contribution is 2.08. The highest BCUT2D eigenvalue weighted by Gasteiger charge is 2.09. The second-order valence-electron chi connectivity index (χ2n) is 13.7. The van der Waals surface area contributed by atoms with E-state index < -0.39 is 0 Å². The molecular formula is C43H72N4O3+4. The summed E-state index contributed by atoms with van der Waals surface area (Å²) in [6.45, 7) is 27.7. The van der Waals surface area contributed by atoms with Crippen LogP contribution in [0.15, 0.2) is 82.7 Å². The van der Waals surface area contributed by atoms with E-state index in [1.54, 1.807) is 12.5 Å². The van der Waals surface area contributed by atoms with Gasteiger partial charge in [0.05, 0.1) is 38.6 Å². The van der Waals surface area contributed by atoms with Gasteiger partial charge in [0.2, 0.25) is 0 Å². The lowest BCUT2D eigenvalue weighted by Crippen LogP contribution is -2.38. The van der Waals surface area contributed by atoms with E-state index in [0.717, 1.165) is 109 Å². The Hall–Kier alpha value is -4.00. The smallest absolute Gasteiger partial charge is 0.181 e. The molecule has 7 nitrogen and oxygen atoms in total. The van der Waals surface area contributed by atoms with Crippen molar-refractivity contribution in [3.8, 4) is 0 Å². The molecule has 0 unspecified atom stereocenters. The van der Waals surface area contributed by atoms with Crippen molar-refractivity contribution in [3.63, 3.8) is 0 Å². The molecule has 1 rings (SSSR count). The van der Waals surface area contributed by atoms with Crippen molar-refractivity contribution in [2.45, 2.75) is 135 Å². The SMILES string of the molecule is CC(=[NH2+])/C(C)=C\C(C)=C/OCCCCCCO/C=C(C)\C=C(\C)C(C)=[NH2+].CC(=[NH2+])/C(C)=C\C(C)=C/OCCCCC[n+]1cc(C)cc(C)c1C. The number of pyridine rings is 1. The van der Waals surface area contributed by atoms with Crippen molar-refractivity contribution >= 4 is 17.1 Å². The normalized spacial score (nSPS) is 13.0. The van der Waals surface area contributed by atoms with Crippen molar-refractivity contribution in [2.24, 2.45) is 0 Å². The summed E-state index contributed by atoms with van der Waals surface area (Å²) in [5.41, 5.74) is 13.1. The summed E-state index contributed by atoms with van der Waals surface area (Å²) in [6, 6.07) is 2.24. The summed E-state index contributed by atoms with van der Waals surface area (Å²) in [4.78, 5) is 0. The lowest BCUT2D eigenvalue weighted by molar-refractivity contribution is -0.703. The van der Waals surface area contributed by atoms with Crippen molar-refractivity contribution < 1.29 is 35.0 Å². The van der Waals surface area contributed by atoms with Crippen molar-refractivity contribution in [3.05, 3.63) is 99.5 Å². The second kappa shape index (κ2) is 26.8. The molecule has 0 saturated carbocycles. The zero-order valence-electron chi connectivity index (χ0n) is 33.8. The minimum Gasteiger partial charge on any atom is -0.501 e. The quantitative estimate of drug-likeness (QED) is 0.0465. The lowest BCUT2D eigenvalue weighted by atomic mass is 10.1. The first-order chi connectivity index (χ1) is 23.5. The third-order valence-corrected chi connectivity index (χ3v) is 8.25. The van der Waals surface area contributed by atoms with E-state index in [1.165, 1.54) is 29.7 Å². The largest absolute Gasteiger partial charge is 0.501 e. The third kappa shape index (κ3) is 23.4. The van der Waals surface area contributed by atoms with Crippen LogP contribution >= 0.6 is 0 Å². The van der Waals surface area contributed by atoms with Gasteiger partial charge in [-0.2, -0.15) is 0 Å². The molecule has 0 aliphatic rings. The van der Waals surface area contributed by atoms with E-state index in [1.807, 2.05) is 80.7 Å². The summed E-state index contributed by atoms with van der Waals surface area (Å²) in [6.07, 6.45) is 21.6. The number of allylic oxidation sites excluding steroid dienone is 9. The molecular weight excluding hydrogens is 620 g/mol. The van der Waals surface area contributed by atoms with Crippen LogP contribution in [0.4, 0.5) is 0 Å². The van der Waals surface area contributed by atoms with Crippen LogP contribution in [0.25, 0.3) is 0 Å². The van der Waals surface area contributed by atoms with E-state index >= 15 is 0 Å². The Balaban J connectivity index is 0.000000963. The molecule has 0 saturated heterocycles. The number of aryl methyl sites for hydroxylation is 3. The average molecular weight is 693 g/mol. The van der Waals surface area contributed by atoms with E-state index in [0.29, 0.717) is 0 Å². The molecule has 0 aromatic carbocycles. The first-order valence-electron chi connectivity index (χ1n) is 18.2. The maximum Gasteiger partial charge on any atom is 0.181 e. The predicted molar refractivity (Wildman–Crippen MR) is 211 cm³/mol. The Kier molecular flexibility index (Phi) is 24.7. The Bertz CT molecular complexity index is 1370. The minimum absolute atomic E-state index is 0.744. The summed E-state index contributed by atoms with van der Waals surface area (Å²) < 4.78 is 19.1. The van der Waals surface area contributed by atoms with Crippen molar-refractivity contribution in [1.29, 1.82) is 0 Å². The molecule has 0 aliphatic carbocycles. The molecule has 1 aromatic heterocycles. The van der Waals surface area contributed by atoms with Crippen LogP contribution in [0.3, 0.4) is 0 Å². The van der Waals surface area contributed by atoms with Crippen LogP contribution < -0.4 is 20.8 Å². The number of aromatic nitrogens is 1. The van der Waals surface area contributed by atoms with Gasteiger partial charge >= 0.3 is 0 Å². The number of unbranched alkanes of at least 4 members (excludes halogenated alkanes) is 5. The van der Waals surface area contributed by atoms with Crippen LogP contribution in [-0.4, -0.2) is 37.0 Å². The summed E-state index contributed by atoms with van der Waals surface area (Å²) >= 11 is 0. The van der Waals surface area contributed by atoms with Gasteiger partial charge in [0, 0.05) is 62.0 Å². The van der Waals surface area contributed by atoms with E-state index in [-0.39, 0.29) is 0 Å². The molecule has 0 amide bonds. The fraction of sp³-hybridized carbons (Fsp3) is 0.535. The standard InChI is InChI=1S/C22H36N2O2.C21H33N2O/c1-17(13-19(3)21(5)23)15-25-11-9-7-8-10-12-26-16-18(2)14-20(4)22(6)24;1-16-12-19(4)21(6)23(14-16)10-8-7-9-11-24-15-17(2)13-18(3)20(5)22/h13-16,23-24H,7-12H2,1-6H3;12-15,22H,7-11H2,1-6H3/q;+1/p+3/b17-15-,18-16-,19-13-,20-14-,23-21?,24-22?;17-15-,18-13-,22-20?. The molecule has 50 heavy (non-hydrogen) atoms. The average Bonchev–Trinajstić information content (AvgIpc) is 3.03. The molecule has 0 fully saturated rings. The van der Waals surface area contributed by atoms with Gasteiger partial charge in [0.1, 0.15) is 6.54 Å². The molecule has 0 aliphatic heterocycles. The van der Waals surface area contributed by atoms with Gasteiger partial charge in [-0.3, -0.25) is 16.2 Å². The van der Waals surface area contributed by atoms with Crippen LogP contribution in [0.5, 0.6) is 0 Å². The molecule has 0 bridgehead atoms. The summed E-state index contributed by atoms with van der Waals surface area (Å²) in [5.74, 6) is 0. The van der Waals surface area contributed by atoms with Crippen LogP contribution in [0, 0.1) is 20.8 Å². The number of ether oxygens (including phenoxy) is 3. The summed E-state index contributed by atoms with van der Waals surface area (Å²) in [5, 5.41) is 17.2.